The topological polar surface area (TPSA) is 68.1 Å². The number of aromatic nitrogens is 2. The van der Waals surface area contributed by atoms with Gasteiger partial charge >= 0.3 is 0 Å². The highest BCUT2D eigenvalue weighted by atomic mass is 19.1. The lowest BCUT2D eigenvalue weighted by Gasteiger charge is -2.35. The molecule has 1 aromatic carbocycles. The number of anilines is 3. The normalized spacial score (nSPS) is 17.0. The summed E-state index contributed by atoms with van der Waals surface area (Å²) in [7, 11) is 3.85. The molecule has 7 heteroatoms. The molecule has 1 unspecified atom stereocenters. The molecule has 2 aromatic rings. The summed E-state index contributed by atoms with van der Waals surface area (Å²) in [6, 6.07) is 8.64. The maximum Gasteiger partial charge on any atom is 0.224 e. The van der Waals surface area contributed by atoms with Crippen LogP contribution in [0.3, 0.4) is 0 Å². The van der Waals surface area contributed by atoms with E-state index >= 15 is 0 Å². The minimum atomic E-state index is -0.356. The van der Waals surface area contributed by atoms with Gasteiger partial charge in [-0.25, -0.2) is 9.37 Å². The lowest BCUT2D eigenvalue weighted by Crippen LogP contribution is -2.43. The molecule has 1 atom stereocenters. The Morgan fingerprint density at radius 1 is 1.36 bits per heavy atom. The van der Waals surface area contributed by atoms with Crippen molar-refractivity contribution in [3.8, 4) is 6.07 Å². The van der Waals surface area contributed by atoms with Crippen LogP contribution in [0.4, 0.5) is 21.8 Å². The third-order valence-electron chi connectivity index (χ3n) is 4.28. The number of piperidine rings is 1. The van der Waals surface area contributed by atoms with Gasteiger partial charge in [0.2, 0.25) is 5.95 Å². The number of nitrogens with one attached hydrogen (secondary N) is 1. The van der Waals surface area contributed by atoms with Gasteiger partial charge < -0.3 is 15.1 Å². The molecule has 1 aromatic heterocycles. The van der Waals surface area contributed by atoms with Crippen molar-refractivity contribution in [3.63, 3.8) is 0 Å². The number of nitrogens with zero attached hydrogens (tertiary/aromatic N) is 5. The summed E-state index contributed by atoms with van der Waals surface area (Å²) < 4.78 is 14.3. The molecule has 1 saturated heterocycles. The van der Waals surface area contributed by atoms with Crippen molar-refractivity contribution in [1.29, 1.82) is 5.26 Å². The molecule has 0 aliphatic carbocycles. The number of para-hydroxylation sites is 1. The zero-order chi connectivity index (χ0) is 17.8. The first-order valence-electron chi connectivity index (χ1n) is 8.29. The van der Waals surface area contributed by atoms with Crippen molar-refractivity contribution in [1.82, 2.24) is 9.97 Å². The minimum absolute atomic E-state index is 0.0947. The van der Waals surface area contributed by atoms with E-state index < -0.39 is 0 Å². The quantitative estimate of drug-likeness (QED) is 0.923. The van der Waals surface area contributed by atoms with Gasteiger partial charge in [0.05, 0.1) is 11.3 Å². The Morgan fingerprint density at radius 3 is 2.96 bits per heavy atom. The van der Waals surface area contributed by atoms with Gasteiger partial charge in [0.25, 0.3) is 0 Å². The SMILES string of the molecule is CN(C)c1ccnc(NC2CCCN(c3c(F)cccc3C#N)C2)n1. The van der Waals surface area contributed by atoms with Crippen molar-refractivity contribution in [2.45, 2.75) is 18.9 Å². The Labute approximate surface area is 146 Å². The standard InChI is InChI=1S/C18H21FN6/c1-24(2)16-8-9-21-18(23-16)22-14-6-4-10-25(12-14)17-13(11-20)5-3-7-15(17)19/h3,5,7-9,14H,4,6,10,12H2,1-2H3,(H,21,22,23). The number of hydrogen-bond donors (Lipinski definition) is 1. The zero-order valence-electron chi connectivity index (χ0n) is 14.4. The monoisotopic (exact) mass is 340 g/mol. The molecule has 1 N–H and O–H groups in total. The summed E-state index contributed by atoms with van der Waals surface area (Å²) in [5.41, 5.74) is 0.756. The van der Waals surface area contributed by atoms with Crippen LogP contribution in [0.5, 0.6) is 0 Å². The first kappa shape index (κ1) is 17.0. The highest BCUT2D eigenvalue weighted by molar-refractivity contribution is 5.60. The van der Waals surface area contributed by atoms with Crippen molar-refractivity contribution in [2.75, 3.05) is 42.3 Å². The van der Waals surface area contributed by atoms with Gasteiger partial charge in [-0.3, -0.25) is 0 Å². The van der Waals surface area contributed by atoms with Crippen LogP contribution in [0.1, 0.15) is 18.4 Å². The molecule has 3 rings (SSSR count). The summed E-state index contributed by atoms with van der Waals surface area (Å²) in [5, 5.41) is 12.6. The van der Waals surface area contributed by atoms with Gasteiger partial charge in [0.1, 0.15) is 17.7 Å². The predicted molar refractivity (Wildman–Crippen MR) is 96.3 cm³/mol. The first-order chi connectivity index (χ1) is 12.1. The van der Waals surface area contributed by atoms with Crippen molar-refractivity contribution in [3.05, 3.63) is 41.8 Å². The van der Waals surface area contributed by atoms with E-state index in [1.54, 1.807) is 18.3 Å². The van der Waals surface area contributed by atoms with E-state index in [2.05, 4.69) is 21.4 Å². The van der Waals surface area contributed by atoms with Crippen LogP contribution in [0.2, 0.25) is 0 Å². The summed E-state index contributed by atoms with van der Waals surface area (Å²) in [6.07, 6.45) is 3.57. The Hall–Kier alpha value is -2.88. The fraction of sp³-hybridized carbons (Fsp3) is 0.389. The summed E-state index contributed by atoms with van der Waals surface area (Å²) >= 11 is 0. The third kappa shape index (κ3) is 3.79. The lowest BCUT2D eigenvalue weighted by atomic mass is 10.0. The largest absolute Gasteiger partial charge is 0.366 e. The molecule has 0 radical (unpaired) electrons. The molecule has 0 bridgehead atoms. The number of halogens is 1. The number of hydrogen-bond acceptors (Lipinski definition) is 6. The average Bonchev–Trinajstić information content (AvgIpc) is 2.62. The highest BCUT2D eigenvalue weighted by Gasteiger charge is 2.24. The van der Waals surface area contributed by atoms with Crippen LogP contribution in [0.15, 0.2) is 30.5 Å². The Kier molecular flexibility index (Phi) is 4.98. The predicted octanol–water partition coefficient (Wildman–Crippen LogP) is 2.63. The molecule has 1 aliphatic heterocycles. The smallest absolute Gasteiger partial charge is 0.224 e. The van der Waals surface area contributed by atoms with E-state index in [0.717, 1.165) is 25.2 Å². The Bertz CT molecular complexity index is 785. The third-order valence-corrected chi connectivity index (χ3v) is 4.28. The van der Waals surface area contributed by atoms with Gasteiger partial charge in [0, 0.05) is 39.4 Å². The van der Waals surface area contributed by atoms with Gasteiger partial charge in [-0.15, -0.1) is 0 Å². The molecule has 2 heterocycles. The van der Waals surface area contributed by atoms with E-state index in [1.165, 1.54) is 6.07 Å². The molecule has 0 saturated carbocycles. The Morgan fingerprint density at radius 2 is 2.20 bits per heavy atom. The maximum absolute atomic E-state index is 14.3. The van der Waals surface area contributed by atoms with Crippen LogP contribution < -0.4 is 15.1 Å². The molecule has 6 nitrogen and oxygen atoms in total. The molecule has 1 aliphatic rings. The first-order valence-corrected chi connectivity index (χ1v) is 8.29. The van der Waals surface area contributed by atoms with Crippen LogP contribution in [0, 0.1) is 17.1 Å². The fourth-order valence-corrected chi connectivity index (χ4v) is 3.08. The summed E-state index contributed by atoms with van der Waals surface area (Å²) in [4.78, 5) is 12.6. The molecule has 1 fully saturated rings. The number of nitriles is 1. The second kappa shape index (κ2) is 7.34. The molecule has 25 heavy (non-hydrogen) atoms. The second-order valence-corrected chi connectivity index (χ2v) is 6.31. The molecule has 130 valence electrons. The van der Waals surface area contributed by atoms with E-state index in [0.29, 0.717) is 23.7 Å². The van der Waals surface area contributed by atoms with Crippen LogP contribution in [0.25, 0.3) is 0 Å². The van der Waals surface area contributed by atoms with Gasteiger partial charge in [-0.05, 0) is 31.0 Å². The van der Waals surface area contributed by atoms with Crippen molar-refractivity contribution in [2.24, 2.45) is 0 Å². The van der Waals surface area contributed by atoms with E-state index in [4.69, 9.17) is 0 Å². The second-order valence-electron chi connectivity index (χ2n) is 6.31. The van der Waals surface area contributed by atoms with Crippen molar-refractivity contribution >= 4 is 17.5 Å². The fourth-order valence-electron chi connectivity index (χ4n) is 3.08. The minimum Gasteiger partial charge on any atom is -0.366 e. The van der Waals surface area contributed by atoms with Crippen LogP contribution >= 0.6 is 0 Å². The van der Waals surface area contributed by atoms with Crippen molar-refractivity contribution < 1.29 is 4.39 Å². The van der Waals surface area contributed by atoms with Gasteiger partial charge in [-0.2, -0.15) is 10.2 Å². The van der Waals surface area contributed by atoms with E-state index in [1.807, 2.05) is 30.0 Å². The van der Waals surface area contributed by atoms with E-state index in [-0.39, 0.29) is 11.9 Å². The molecule has 0 amide bonds. The van der Waals surface area contributed by atoms with E-state index in [9.17, 15) is 9.65 Å². The van der Waals surface area contributed by atoms with Crippen LogP contribution in [-0.2, 0) is 0 Å². The zero-order valence-corrected chi connectivity index (χ0v) is 14.4. The van der Waals surface area contributed by atoms with Crippen LogP contribution in [-0.4, -0.2) is 43.2 Å². The lowest BCUT2D eigenvalue weighted by molar-refractivity contribution is 0.516. The van der Waals surface area contributed by atoms with Gasteiger partial charge in [0.15, 0.2) is 0 Å². The number of benzene rings is 1. The summed E-state index contributed by atoms with van der Waals surface area (Å²) in [6.45, 7) is 1.33. The maximum atomic E-state index is 14.3. The molecule has 0 spiro atoms. The highest BCUT2D eigenvalue weighted by Crippen LogP contribution is 2.27. The molecular formula is C18H21FN6. The summed E-state index contributed by atoms with van der Waals surface area (Å²) in [5.74, 6) is 1.03. The van der Waals surface area contributed by atoms with Gasteiger partial charge in [-0.1, -0.05) is 6.07 Å². The molecular weight excluding hydrogens is 319 g/mol. The average molecular weight is 340 g/mol. The number of rotatable bonds is 4. The Balaban J connectivity index is 1.76.